The molecule has 2 aromatic carbocycles. The maximum Gasteiger partial charge on any atom is 0.248 e. The van der Waals surface area contributed by atoms with Crippen LogP contribution in [-0.2, 0) is 11.3 Å². The molecule has 2 amide bonds. The predicted octanol–water partition coefficient (Wildman–Crippen LogP) is 2.98. The number of nitrogens with zero attached hydrogens (tertiary/aromatic N) is 5. The molecule has 1 aliphatic rings. The number of benzene rings is 2. The first-order chi connectivity index (χ1) is 18.9. The number of imidazole rings is 1. The number of hydrogen-bond acceptors (Lipinski definition) is 9. The summed E-state index contributed by atoms with van der Waals surface area (Å²) in [5.74, 6) is 1.95. The van der Waals surface area contributed by atoms with E-state index in [4.69, 9.17) is 29.9 Å². The fraction of sp³-hybridized carbons (Fsp3) is 0.296. The number of methoxy groups -OCH3 is 3. The molecule has 1 aliphatic heterocycles. The van der Waals surface area contributed by atoms with Crippen LogP contribution in [0.2, 0.25) is 0 Å². The number of nitrogens with one attached hydrogen (secondary N) is 1. The van der Waals surface area contributed by atoms with E-state index in [0.29, 0.717) is 76.4 Å². The fourth-order valence-electron chi connectivity index (χ4n) is 4.57. The molecule has 5 rings (SSSR count). The van der Waals surface area contributed by atoms with Gasteiger partial charge in [-0.05, 0) is 18.6 Å². The first kappa shape index (κ1) is 25.8. The van der Waals surface area contributed by atoms with Crippen LogP contribution >= 0.6 is 0 Å². The molecule has 2 aromatic heterocycles. The van der Waals surface area contributed by atoms with Gasteiger partial charge >= 0.3 is 0 Å². The Kier molecular flexibility index (Phi) is 7.17. The summed E-state index contributed by atoms with van der Waals surface area (Å²) in [6, 6.07) is 10.3. The van der Waals surface area contributed by atoms with Gasteiger partial charge in [-0.3, -0.25) is 9.59 Å². The first-order valence-corrected chi connectivity index (χ1v) is 12.4. The van der Waals surface area contributed by atoms with Crippen molar-refractivity contribution in [3.8, 4) is 28.6 Å². The number of aromatic nitrogens is 4. The first-order valence-electron chi connectivity index (χ1n) is 12.4. The molecule has 0 spiro atoms. The zero-order valence-electron chi connectivity index (χ0n) is 21.9. The quantitative estimate of drug-likeness (QED) is 0.315. The second-order valence-electron chi connectivity index (χ2n) is 8.97. The van der Waals surface area contributed by atoms with E-state index in [-0.39, 0.29) is 5.91 Å². The number of carbonyl (C=O) groups excluding carboxylic acids is 2. The zero-order valence-corrected chi connectivity index (χ0v) is 21.9. The van der Waals surface area contributed by atoms with Crippen molar-refractivity contribution in [2.24, 2.45) is 5.73 Å². The zero-order chi connectivity index (χ0) is 27.5. The van der Waals surface area contributed by atoms with Gasteiger partial charge in [0.2, 0.25) is 17.6 Å². The maximum absolute atomic E-state index is 12.1. The van der Waals surface area contributed by atoms with Crippen LogP contribution in [-0.4, -0.2) is 70.7 Å². The maximum atomic E-state index is 12.1. The van der Waals surface area contributed by atoms with Crippen LogP contribution in [0.4, 0.5) is 11.5 Å². The highest BCUT2D eigenvalue weighted by atomic mass is 16.5. The SMILES string of the molecule is COc1cc(Nc2nc(-c3ccc(C(N)=O)cc3)nc3c2ncn3CCN2CCCC2=O)cc(OC)c1OC. The molecule has 202 valence electrons. The van der Waals surface area contributed by atoms with Crippen molar-refractivity contribution in [1.82, 2.24) is 24.4 Å². The van der Waals surface area contributed by atoms with Crippen LogP contribution in [0.15, 0.2) is 42.7 Å². The second kappa shape index (κ2) is 10.9. The number of hydrogen-bond donors (Lipinski definition) is 2. The summed E-state index contributed by atoms with van der Waals surface area (Å²) in [6.07, 6.45) is 3.15. The molecule has 3 N–H and O–H groups in total. The lowest BCUT2D eigenvalue weighted by atomic mass is 10.1. The number of nitrogens with two attached hydrogens (primary N) is 1. The van der Waals surface area contributed by atoms with Gasteiger partial charge in [0, 0.05) is 55.0 Å². The van der Waals surface area contributed by atoms with Gasteiger partial charge in [-0.1, -0.05) is 12.1 Å². The third-order valence-corrected chi connectivity index (χ3v) is 6.60. The third kappa shape index (κ3) is 5.13. The van der Waals surface area contributed by atoms with Gasteiger partial charge in [0.15, 0.2) is 34.3 Å². The smallest absolute Gasteiger partial charge is 0.248 e. The van der Waals surface area contributed by atoms with Crippen molar-refractivity contribution < 1.29 is 23.8 Å². The monoisotopic (exact) mass is 531 g/mol. The Morgan fingerprint density at radius 1 is 1.03 bits per heavy atom. The normalized spacial score (nSPS) is 13.1. The second-order valence-corrected chi connectivity index (χ2v) is 8.97. The van der Waals surface area contributed by atoms with Crippen molar-refractivity contribution >= 4 is 34.5 Å². The number of fused-ring (bicyclic) bond motifs is 1. The van der Waals surface area contributed by atoms with Crippen molar-refractivity contribution in [3.05, 3.63) is 48.3 Å². The molecule has 0 unspecified atom stereocenters. The Morgan fingerprint density at radius 2 is 1.74 bits per heavy atom. The summed E-state index contributed by atoms with van der Waals surface area (Å²) < 4.78 is 18.3. The van der Waals surface area contributed by atoms with Crippen LogP contribution in [0, 0.1) is 0 Å². The standard InChI is InChI=1S/C27H29N7O5/c1-37-19-13-18(14-20(38-2)23(19)39-3)30-26-22-27(34(15-29-22)12-11-33-10-4-5-21(33)35)32-25(31-26)17-8-6-16(7-9-17)24(28)36/h6-9,13-15H,4-5,10-12H2,1-3H3,(H2,28,36)(H,30,31,32). The summed E-state index contributed by atoms with van der Waals surface area (Å²) in [7, 11) is 4.63. The molecule has 0 atom stereocenters. The minimum Gasteiger partial charge on any atom is -0.493 e. The number of carbonyl (C=O) groups is 2. The molecule has 12 nitrogen and oxygen atoms in total. The van der Waals surface area contributed by atoms with Gasteiger partial charge < -0.3 is 34.7 Å². The van der Waals surface area contributed by atoms with Gasteiger partial charge in [-0.25, -0.2) is 15.0 Å². The molecule has 1 fully saturated rings. The van der Waals surface area contributed by atoms with Gasteiger partial charge in [0.1, 0.15) is 0 Å². The van der Waals surface area contributed by atoms with Crippen molar-refractivity contribution in [3.63, 3.8) is 0 Å². The number of primary amides is 1. The van der Waals surface area contributed by atoms with E-state index in [1.165, 1.54) is 0 Å². The van der Waals surface area contributed by atoms with E-state index in [1.807, 2.05) is 9.47 Å². The summed E-state index contributed by atoms with van der Waals surface area (Å²) in [4.78, 5) is 39.7. The molecule has 4 aromatic rings. The van der Waals surface area contributed by atoms with Crippen molar-refractivity contribution in [2.75, 3.05) is 39.7 Å². The van der Waals surface area contributed by atoms with Crippen LogP contribution in [0.3, 0.4) is 0 Å². The Balaban J connectivity index is 1.57. The topological polar surface area (TPSA) is 147 Å². The Bertz CT molecular complexity index is 1510. The largest absolute Gasteiger partial charge is 0.493 e. The van der Waals surface area contributed by atoms with Crippen LogP contribution in [0.1, 0.15) is 23.2 Å². The van der Waals surface area contributed by atoms with Crippen molar-refractivity contribution in [2.45, 2.75) is 19.4 Å². The number of amides is 2. The molecule has 1 saturated heterocycles. The molecule has 39 heavy (non-hydrogen) atoms. The van der Waals surface area contributed by atoms with Gasteiger partial charge in [-0.2, -0.15) is 0 Å². The van der Waals surface area contributed by atoms with Crippen LogP contribution in [0.25, 0.3) is 22.6 Å². The summed E-state index contributed by atoms with van der Waals surface area (Å²) in [5.41, 5.74) is 8.27. The average Bonchev–Trinajstić information content (AvgIpc) is 3.56. The highest BCUT2D eigenvalue weighted by Crippen LogP contribution is 2.41. The average molecular weight is 532 g/mol. The molecule has 0 saturated carbocycles. The van der Waals surface area contributed by atoms with E-state index in [2.05, 4.69) is 10.3 Å². The van der Waals surface area contributed by atoms with E-state index in [9.17, 15) is 9.59 Å². The third-order valence-electron chi connectivity index (χ3n) is 6.60. The molecule has 0 bridgehead atoms. The van der Waals surface area contributed by atoms with E-state index in [0.717, 1.165) is 13.0 Å². The fourth-order valence-corrected chi connectivity index (χ4v) is 4.57. The minimum atomic E-state index is -0.516. The lowest BCUT2D eigenvalue weighted by Crippen LogP contribution is -2.28. The van der Waals surface area contributed by atoms with Crippen LogP contribution < -0.4 is 25.3 Å². The number of anilines is 2. The summed E-state index contributed by atoms with van der Waals surface area (Å²) >= 11 is 0. The Morgan fingerprint density at radius 3 is 2.33 bits per heavy atom. The van der Waals surface area contributed by atoms with Gasteiger partial charge in [0.05, 0.1) is 27.7 Å². The Hall–Kier alpha value is -4.87. The lowest BCUT2D eigenvalue weighted by molar-refractivity contribution is -0.127. The van der Waals surface area contributed by atoms with E-state index < -0.39 is 5.91 Å². The highest BCUT2D eigenvalue weighted by Gasteiger charge is 2.21. The van der Waals surface area contributed by atoms with Gasteiger partial charge in [-0.15, -0.1) is 0 Å². The van der Waals surface area contributed by atoms with Crippen LogP contribution in [0.5, 0.6) is 17.2 Å². The van der Waals surface area contributed by atoms with Gasteiger partial charge in [0.25, 0.3) is 0 Å². The van der Waals surface area contributed by atoms with Crippen molar-refractivity contribution in [1.29, 1.82) is 0 Å². The van der Waals surface area contributed by atoms with E-state index >= 15 is 0 Å². The van der Waals surface area contributed by atoms with E-state index in [1.54, 1.807) is 64.1 Å². The molecule has 0 aliphatic carbocycles. The Labute approximate surface area is 224 Å². The predicted molar refractivity (Wildman–Crippen MR) is 144 cm³/mol. The molecular formula is C27H29N7O5. The molecule has 12 heteroatoms. The number of ether oxygens (including phenoxy) is 3. The summed E-state index contributed by atoms with van der Waals surface area (Å²) in [5, 5.41) is 3.32. The number of rotatable bonds is 10. The molecule has 0 radical (unpaired) electrons. The highest BCUT2D eigenvalue weighted by molar-refractivity contribution is 5.93. The molecule has 3 heterocycles. The summed E-state index contributed by atoms with van der Waals surface area (Å²) in [6.45, 7) is 1.85. The molecular weight excluding hydrogens is 502 g/mol. The minimum absolute atomic E-state index is 0.161. The number of likely N-dealkylation sites (tertiary alicyclic amines) is 1. The lowest BCUT2D eigenvalue weighted by Gasteiger charge is -2.16.